The Balaban J connectivity index is 0.946. The van der Waals surface area contributed by atoms with Crippen LogP contribution in [-0.4, -0.2) is 140 Å². The van der Waals surface area contributed by atoms with Crippen molar-refractivity contribution in [2.75, 3.05) is 51.4 Å². The highest BCUT2D eigenvalue weighted by Gasteiger charge is 2.66. The van der Waals surface area contributed by atoms with Gasteiger partial charge >= 0.3 is 0 Å². The maximum absolute atomic E-state index is 14.1. The highest BCUT2D eigenvalue weighted by atomic mass is 33.1. The topological polar surface area (TPSA) is 234 Å². The first-order chi connectivity index (χ1) is 42.7. The second-order valence-corrected chi connectivity index (χ2v) is 32.0. The van der Waals surface area contributed by atoms with E-state index in [0.29, 0.717) is 67.6 Å². The molecule has 3 saturated heterocycles. The number of hydrogen-bond acceptors (Lipinski definition) is 18. The summed E-state index contributed by atoms with van der Waals surface area (Å²) in [5.74, 6) is 10.4. The number of ether oxygens (including phenoxy) is 5. The van der Waals surface area contributed by atoms with Crippen molar-refractivity contribution in [2.45, 2.75) is 177 Å². The molecule has 3 saturated carbocycles. The van der Waals surface area contributed by atoms with Crippen LogP contribution in [0.4, 0.5) is 0 Å². The van der Waals surface area contributed by atoms with E-state index in [4.69, 9.17) is 23.7 Å². The Morgan fingerprint density at radius 1 is 0.830 bits per heavy atom. The smallest absolute Gasteiger partial charge is 0.224 e. The molecule has 2 spiro atoms. The monoisotopic (exact) mass is 1290 g/mol. The van der Waals surface area contributed by atoms with Crippen LogP contribution < -0.4 is 24.8 Å². The van der Waals surface area contributed by atoms with Gasteiger partial charge in [0.1, 0.15) is 13.5 Å². The highest BCUT2D eigenvalue weighted by molar-refractivity contribution is 8.77. The lowest BCUT2D eigenvalue weighted by Crippen LogP contribution is -2.64. The molecule has 3 aliphatic carbocycles. The maximum Gasteiger partial charge on any atom is 0.224 e. The van der Waals surface area contributed by atoms with Crippen molar-refractivity contribution >= 4 is 59.9 Å². The Bertz CT molecular complexity index is 3120. The van der Waals surface area contributed by atoms with Crippen LogP contribution in [0.5, 0.6) is 28.7 Å². The summed E-state index contributed by atoms with van der Waals surface area (Å²) in [7, 11) is 9.52. The van der Waals surface area contributed by atoms with Gasteiger partial charge in [-0.2, -0.15) is 0 Å². The van der Waals surface area contributed by atoms with Crippen LogP contribution in [0.1, 0.15) is 137 Å². The molecule has 88 heavy (non-hydrogen) atoms. The summed E-state index contributed by atoms with van der Waals surface area (Å²) in [6.07, 6.45) is 11.0. The first-order valence-corrected chi connectivity index (χ1v) is 37.2. The number of carbonyl (C=O) groups is 1. The van der Waals surface area contributed by atoms with Gasteiger partial charge in [-0.3, -0.25) is 4.79 Å². The SMILES string of the molecule is COc1cc(C[C@@H]2[C@H](O)CSS[C@@H]3C[C@@H](O)c4cccc5cn(cc45)COCCC[C@H]4NC(=O)[C@H]5CSSC[C@@H]6NCCC#C[C@]78C[C@H](C)CC[C@@H]7[C@H](CC[C@@]87C[C@@H](CC[C@H]67)Oc6cc(c3cc6O)CC[C@H](OCO)C[C@H]2O)C[C@H](O)[C@@H]54)cc(OC)c1O. The Morgan fingerprint density at radius 3 is 2.47 bits per heavy atom. The molecule has 4 aromatic rings. The number of phenolic OH excluding ortho intramolecular Hbond substituents is 2. The minimum atomic E-state index is -1.08. The van der Waals surface area contributed by atoms with E-state index in [1.807, 2.05) is 58.1 Å². The van der Waals surface area contributed by atoms with Crippen molar-refractivity contribution < 1.29 is 64.2 Å². The number of aromatic hydroxyl groups is 2. The molecular weight excluding hydrogens is 1200 g/mol. The average molecular weight is 1290 g/mol. The summed E-state index contributed by atoms with van der Waals surface area (Å²) in [5.41, 5.74) is 2.55. The molecule has 18 atom stereocenters. The molecule has 0 radical (unpaired) electrons. The molecule has 20 heteroatoms. The third kappa shape index (κ3) is 13.2. The number of methoxy groups -OCH3 is 2. The minimum absolute atomic E-state index is 0.00694. The zero-order valence-corrected chi connectivity index (χ0v) is 54.3. The zero-order valence-electron chi connectivity index (χ0n) is 51.1. The van der Waals surface area contributed by atoms with E-state index >= 15 is 0 Å². The first-order valence-electron chi connectivity index (χ1n) is 32.3. The molecular formula is C68H91N3O13S4. The van der Waals surface area contributed by atoms with E-state index in [-0.39, 0.29) is 113 Å². The number of aromatic nitrogens is 1. The molecule has 3 aromatic carbocycles. The van der Waals surface area contributed by atoms with Crippen LogP contribution in [0.3, 0.4) is 0 Å². The largest absolute Gasteiger partial charge is 0.504 e. The van der Waals surface area contributed by atoms with Gasteiger partial charge in [-0.05, 0) is 177 Å². The normalized spacial score (nSPS) is 36.8. The van der Waals surface area contributed by atoms with E-state index in [0.717, 1.165) is 97.5 Å². The van der Waals surface area contributed by atoms with Crippen LogP contribution in [0, 0.1) is 64.1 Å². The summed E-state index contributed by atoms with van der Waals surface area (Å²) in [6, 6.07) is 13.1. The third-order valence-electron chi connectivity index (χ3n) is 21.9. The minimum Gasteiger partial charge on any atom is -0.504 e. The van der Waals surface area contributed by atoms with Gasteiger partial charge in [0.25, 0.3) is 0 Å². The Hall–Kier alpha value is -3.69. The lowest BCUT2D eigenvalue weighted by Gasteiger charge is -2.66. The van der Waals surface area contributed by atoms with Gasteiger partial charge in [0.15, 0.2) is 23.0 Å². The van der Waals surface area contributed by atoms with Gasteiger partial charge in [-0.25, -0.2) is 0 Å². The fourth-order valence-corrected chi connectivity index (χ4v) is 23.4. The number of hydrogen-bond donors (Lipinski definition) is 9. The summed E-state index contributed by atoms with van der Waals surface area (Å²) in [5, 5.41) is 92.7. The fraction of sp³-hybridized carbons (Fsp3) is 0.662. The van der Waals surface area contributed by atoms with Gasteiger partial charge in [0.2, 0.25) is 11.7 Å². The number of nitrogens with one attached hydrogen (secondary N) is 2. The molecule has 15 rings (SSSR count). The van der Waals surface area contributed by atoms with E-state index in [9.17, 15) is 40.5 Å². The molecule has 0 unspecified atom stereocenters. The van der Waals surface area contributed by atoms with Crippen LogP contribution in [-0.2, 0) is 33.8 Å². The number of nitrogens with zero attached hydrogens (tertiary/aromatic N) is 1. The number of benzene rings is 3. The highest BCUT2D eigenvalue weighted by Crippen LogP contribution is 2.70. The molecule has 1 amide bonds. The maximum atomic E-state index is 14.1. The molecule has 8 aliphatic heterocycles. The quantitative estimate of drug-likeness (QED) is 0.0496. The second-order valence-electron chi connectivity index (χ2n) is 26.8. The van der Waals surface area contributed by atoms with Crippen molar-refractivity contribution in [3.05, 3.63) is 77.1 Å². The molecule has 1 aromatic heterocycles. The number of carbonyl (C=O) groups excluding carboxylic acids is 1. The molecule has 11 aliphatic rings. The number of fused-ring (bicyclic) bond motifs is 4. The number of aryl methyl sites for hydroxylation is 1. The van der Waals surface area contributed by atoms with Gasteiger partial charge in [-0.1, -0.05) is 80.6 Å². The zero-order chi connectivity index (χ0) is 61.3. The third-order valence-corrected chi connectivity index (χ3v) is 27.1. The van der Waals surface area contributed by atoms with E-state index in [1.165, 1.54) is 35.8 Å². The predicted octanol–water partition coefficient (Wildman–Crippen LogP) is 10.2. The van der Waals surface area contributed by atoms with Gasteiger partial charge in [0, 0.05) is 89.2 Å². The predicted molar refractivity (Wildman–Crippen MR) is 347 cm³/mol. The van der Waals surface area contributed by atoms with Crippen molar-refractivity contribution in [2.24, 2.45) is 52.3 Å². The average Bonchev–Trinajstić information content (AvgIpc) is 0.734. The lowest BCUT2D eigenvalue weighted by molar-refractivity contribution is -0.167. The number of phenols is 2. The van der Waals surface area contributed by atoms with Crippen molar-refractivity contribution in [3.63, 3.8) is 0 Å². The Morgan fingerprint density at radius 2 is 1.65 bits per heavy atom. The van der Waals surface area contributed by atoms with Crippen molar-refractivity contribution in [1.82, 2.24) is 15.2 Å². The molecule has 6 fully saturated rings. The van der Waals surface area contributed by atoms with Crippen LogP contribution >= 0.6 is 43.2 Å². The van der Waals surface area contributed by atoms with E-state index in [1.54, 1.807) is 22.9 Å². The van der Waals surface area contributed by atoms with Crippen LogP contribution in [0.15, 0.2) is 54.9 Å². The number of aliphatic hydroxyl groups is 5. The molecule has 9 N–H and O–H groups in total. The van der Waals surface area contributed by atoms with Gasteiger partial charge in [-0.15, -0.1) is 5.92 Å². The number of amides is 1. The van der Waals surface area contributed by atoms with Crippen molar-refractivity contribution in [3.8, 4) is 40.6 Å². The lowest BCUT2D eigenvalue weighted by atomic mass is 9.38. The summed E-state index contributed by atoms with van der Waals surface area (Å²) < 4.78 is 32.8. The molecule has 12 bridgehead atoms. The van der Waals surface area contributed by atoms with Crippen LogP contribution in [0.25, 0.3) is 10.8 Å². The standard InChI is InChI=1S/C68H91N3O13S4/c1-39-11-15-51-42-17-19-68-31-45-14-16-52(68)54(69-20-5-4-18-67(51,68)30-39)35-86-85-34-50-64(58(76)25-42)53(70-66(50)79)10-7-21-82-37-71-32-43-8-6-9-46(49(43)33-71)56(74)29-63-47-28-57(75)60(84-45)26-41(47)12-13-44(83-38-72)27-55(73)48(59(77)36-87-88-63)22-40-23-61(80-2)65(78)62(24-40)81-3/h6,8-9,23-24,26,28,32-33,39,42,44-45,48,50-56,58-59,63-64,69,72-78H,5,7,10-17,19-22,25,27,29-31,34-38H2,1-3H3,(H,70,79)/t39-,42-,44+,45-,48+,50+,51-,52-,53-,54+,55-,56-,58+,59-,63-,64+,67+,68+/m1/s1. The van der Waals surface area contributed by atoms with Gasteiger partial charge < -0.3 is 74.6 Å². The Kier molecular flexibility index (Phi) is 20.7. The van der Waals surface area contributed by atoms with Crippen molar-refractivity contribution in [1.29, 1.82) is 0 Å². The van der Waals surface area contributed by atoms with Gasteiger partial charge in [0.05, 0.1) is 56.8 Å². The molecule has 9 heterocycles. The van der Waals surface area contributed by atoms with Crippen LogP contribution in [0.2, 0.25) is 0 Å². The number of aliphatic hydroxyl groups excluding tert-OH is 5. The second kappa shape index (κ2) is 28.3. The first kappa shape index (κ1) is 64.4. The summed E-state index contributed by atoms with van der Waals surface area (Å²) >= 11 is 0. The fourth-order valence-electron chi connectivity index (χ4n) is 17.8. The van der Waals surface area contributed by atoms with E-state index < -0.39 is 48.5 Å². The molecule has 16 nitrogen and oxygen atoms in total. The number of rotatable bonds is 6. The molecule has 480 valence electrons. The van der Waals surface area contributed by atoms with E-state index in [2.05, 4.69) is 29.4 Å². The summed E-state index contributed by atoms with van der Waals surface area (Å²) in [6.45, 7) is 3.38. The summed E-state index contributed by atoms with van der Waals surface area (Å²) in [4.78, 5) is 14.1. The Labute approximate surface area is 534 Å².